The van der Waals surface area contributed by atoms with E-state index in [-0.39, 0.29) is 0 Å². The fourth-order valence-electron chi connectivity index (χ4n) is 2.02. The number of rotatable bonds is 2. The van der Waals surface area contributed by atoms with Crippen molar-refractivity contribution in [2.45, 2.75) is 27.3 Å². The Morgan fingerprint density at radius 3 is 2.29 bits per heavy atom. The van der Waals surface area contributed by atoms with Crippen LogP contribution < -0.4 is 5.73 Å². The van der Waals surface area contributed by atoms with E-state index in [0.29, 0.717) is 6.54 Å². The molecule has 0 aliphatic rings. The minimum atomic E-state index is 0.463. The second-order valence-electron chi connectivity index (χ2n) is 4.11. The number of halogens is 1. The smallest absolute Gasteiger partial charge is 0.156 e. The van der Waals surface area contributed by atoms with Gasteiger partial charge in [-0.05, 0) is 36.7 Å². The highest BCUT2D eigenvalue weighted by molar-refractivity contribution is 9.10. The van der Waals surface area contributed by atoms with Gasteiger partial charge in [0.15, 0.2) is 5.82 Å². The number of nitrogens with zero attached hydrogens (tertiary/aromatic N) is 4. The molecular formula is C11H16BrN5. The highest BCUT2D eigenvalue weighted by atomic mass is 79.9. The Bertz CT molecular complexity index is 567. The fourth-order valence-corrected chi connectivity index (χ4v) is 2.27. The van der Waals surface area contributed by atoms with Crippen LogP contribution in [0.2, 0.25) is 0 Å². The average Bonchev–Trinajstić information content (AvgIpc) is 2.69. The van der Waals surface area contributed by atoms with Crippen LogP contribution >= 0.6 is 15.9 Å². The van der Waals surface area contributed by atoms with Crippen molar-refractivity contribution in [2.24, 2.45) is 12.8 Å². The van der Waals surface area contributed by atoms with E-state index in [0.717, 1.165) is 32.9 Å². The summed E-state index contributed by atoms with van der Waals surface area (Å²) < 4.78 is 4.74. The lowest BCUT2D eigenvalue weighted by molar-refractivity contribution is 0.679. The number of hydrogen-bond acceptors (Lipinski definition) is 3. The van der Waals surface area contributed by atoms with Gasteiger partial charge >= 0.3 is 0 Å². The summed E-state index contributed by atoms with van der Waals surface area (Å²) in [7, 11) is 1.91. The second kappa shape index (κ2) is 4.27. The molecule has 0 aliphatic heterocycles. The first-order valence-corrected chi connectivity index (χ1v) is 6.21. The lowest BCUT2D eigenvalue weighted by atomic mass is 10.2. The van der Waals surface area contributed by atoms with Crippen molar-refractivity contribution in [1.82, 2.24) is 19.6 Å². The molecule has 0 aliphatic carbocycles. The van der Waals surface area contributed by atoms with Gasteiger partial charge in [-0.1, -0.05) is 0 Å². The van der Waals surface area contributed by atoms with E-state index in [1.165, 1.54) is 0 Å². The van der Waals surface area contributed by atoms with E-state index in [9.17, 15) is 0 Å². The maximum absolute atomic E-state index is 5.79. The number of nitrogens with two attached hydrogens (primary N) is 1. The van der Waals surface area contributed by atoms with Crippen LogP contribution in [0.3, 0.4) is 0 Å². The van der Waals surface area contributed by atoms with Crippen molar-refractivity contribution < 1.29 is 0 Å². The molecule has 2 N–H and O–H groups in total. The zero-order valence-corrected chi connectivity index (χ0v) is 12.0. The van der Waals surface area contributed by atoms with E-state index in [1.807, 2.05) is 37.2 Å². The van der Waals surface area contributed by atoms with Crippen molar-refractivity contribution in [2.75, 3.05) is 0 Å². The van der Waals surface area contributed by atoms with Crippen LogP contribution in [0.25, 0.3) is 5.82 Å². The zero-order valence-electron chi connectivity index (χ0n) is 10.5. The van der Waals surface area contributed by atoms with Gasteiger partial charge in [0, 0.05) is 19.2 Å². The van der Waals surface area contributed by atoms with Crippen LogP contribution in [-0.2, 0) is 13.6 Å². The van der Waals surface area contributed by atoms with Gasteiger partial charge in [0.2, 0.25) is 0 Å². The lowest BCUT2D eigenvalue weighted by Gasteiger charge is -2.07. The molecule has 92 valence electrons. The summed E-state index contributed by atoms with van der Waals surface area (Å²) in [5, 5.41) is 8.91. The van der Waals surface area contributed by atoms with Crippen LogP contribution in [0.5, 0.6) is 0 Å². The molecule has 0 aromatic carbocycles. The summed E-state index contributed by atoms with van der Waals surface area (Å²) in [6, 6.07) is 0. The maximum atomic E-state index is 5.79. The Labute approximate surface area is 109 Å². The third-order valence-corrected chi connectivity index (χ3v) is 4.07. The quantitative estimate of drug-likeness (QED) is 0.919. The van der Waals surface area contributed by atoms with E-state index < -0.39 is 0 Å². The minimum absolute atomic E-state index is 0.463. The molecule has 0 unspecified atom stereocenters. The van der Waals surface area contributed by atoms with Crippen LogP contribution in [0.4, 0.5) is 0 Å². The van der Waals surface area contributed by atoms with Crippen LogP contribution in [-0.4, -0.2) is 19.6 Å². The van der Waals surface area contributed by atoms with Gasteiger partial charge in [-0.2, -0.15) is 10.2 Å². The van der Waals surface area contributed by atoms with Gasteiger partial charge in [-0.15, -0.1) is 0 Å². The normalized spacial score (nSPS) is 11.2. The van der Waals surface area contributed by atoms with Gasteiger partial charge in [-0.25, -0.2) is 4.68 Å². The molecule has 2 rings (SSSR count). The number of hydrogen-bond donors (Lipinski definition) is 1. The van der Waals surface area contributed by atoms with E-state index >= 15 is 0 Å². The molecule has 0 amide bonds. The fraction of sp³-hybridized carbons (Fsp3) is 0.455. The third-order valence-electron chi connectivity index (χ3n) is 2.92. The van der Waals surface area contributed by atoms with E-state index in [1.54, 1.807) is 0 Å². The van der Waals surface area contributed by atoms with Crippen molar-refractivity contribution in [3.8, 4) is 5.82 Å². The van der Waals surface area contributed by atoms with Crippen molar-refractivity contribution in [3.63, 3.8) is 0 Å². The standard InChI is InChI=1S/C11H16BrN5/c1-6-9(5-13)11(16(4)14-6)17-8(3)10(12)7(2)15-17/h5,13H2,1-4H3. The first kappa shape index (κ1) is 12.3. The van der Waals surface area contributed by atoms with Gasteiger partial charge in [0.05, 0.1) is 21.6 Å². The first-order valence-electron chi connectivity index (χ1n) is 5.42. The molecule has 0 fully saturated rings. The molecule has 0 saturated carbocycles. The Morgan fingerprint density at radius 1 is 1.18 bits per heavy atom. The molecule has 0 radical (unpaired) electrons. The highest BCUT2D eigenvalue weighted by Gasteiger charge is 2.18. The van der Waals surface area contributed by atoms with Gasteiger partial charge in [0.25, 0.3) is 0 Å². The molecule has 0 spiro atoms. The molecule has 2 aromatic heterocycles. The van der Waals surface area contributed by atoms with Gasteiger partial charge in [-0.3, -0.25) is 4.68 Å². The molecular weight excluding hydrogens is 282 g/mol. The summed E-state index contributed by atoms with van der Waals surface area (Å²) in [6.45, 7) is 6.42. The second-order valence-corrected chi connectivity index (χ2v) is 4.90. The van der Waals surface area contributed by atoms with Crippen LogP contribution in [0.1, 0.15) is 22.6 Å². The monoisotopic (exact) mass is 297 g/mol. The van der Waals surface area contributed by atoms with Crippen molar-refractivity contribution in [1.29, 1.82) is 0 Å². The molecule has 2 aromatic rings. The summed E-state index contributed by atoms with van der Waals surface area (Å²) in [6.07, 6.45) is 0. The molecule has 0 saturated heterocycles. The Balaban J connectivity index is 2.72. The topological polar surface area (TPSA) is 61.7 Å². The van der Waals surface area contributed by atoms with Gasteiger partial charge < -0.3 is 5.73 Å². The molecule has 0 bridgehead atoms. The van der Waals surface area contributed by atoms with Crippen LogP contribution in [0, 0.1) is 20.8 Å². The SMILES string of the molecule is Cc1nn(-c2c(CN)c(C)nn2C)c(C)c1Br. The molecule has 2 heterocycles. The first-order chi connectivity index (χ1) is 7.97. The maximum Gasteiger partial charge on any atom is 0.156 e. The summed E-state index contributed by atoms with van der Waals surface area (Å²) >= 11 is 3.53. The van der Waals surface area contributed by atoms with E-state index in [2.05, 4.69) is 26.1 Å². The van der Waals surface area contributed by atoms with Crippen molar-refractivity contribution >= 4 is 15.9 Å². The zero-order chi connectivity index (χ0) is 12.7. The Morgan fingerprint density at radius 2 is 1.82 bits per heavy atom. The highest BCUT2D eigenvalue weighted by Crippen LogP contribution is 2.25. The summed E-state index contributed by atoms with van der Waals surface area (Å²) in [5.41, 5.74) is 9.79. The third kappa shape index (κ3) is 1.81. The molecule has 0 atom stereocenters. The minimum Gasteiger partial charge on any atom is -0.326 e. The van der Waals surface area contributed by atoms with Crippen molar-refractivity contribution in [3.05, 3.63) is 27.1 Å². The largest absolute Gasteiger partial charge is 0.326 e. The number of aromatic nitrogens is 4. The summed E-state index contributed by atoms with van der Waals surface area (Å²) in [5.74, 6) is 0.941. The Kier molecular flexibility index (Phi) is 3.09. The predicted octanol–water partition coefficient (Wildman–Crippen LogP) is 1.75. The molecule has 6 heteroatoms. The number of aryl methyl sites for hydroxylation is 3. The van der Waals surface area contributed by atoms with E-state index in [4.69, 9.17) is 5.73 Å². The van der Waals surface area contributed by atoms with Gasteiger partial charge in [0.1, 0.15) is 0 Å². The Hall–Kier alpha value is -1.14. The average molecular weight is 298 g/mol. The predicted molar refractivity (Wildman–Crippen MR) is 70.1 cm³/mol. The molecule has 17 heavy (non-hydrogen) atoms. The lowest BCUT2D eigenvalue weighted by Crippen LogP contribution is -2.10. The molecule has 5 nitrogen and oxygen atoms in total. The summed E-state index contributed by atoms with van der Waals surface area (Å²) in [4.78, 5) is 0. The van der Waals surface area contributed by atoms with Crippen LogP contribution in [0.15, 0.2) is 4.47 Å².